The second-order valence-electron chi connectivity index (χ2n) is 6.72. The second kappa shape index (κ2) is 8.78. The van der Waals surface area contributed by atoms with Crippen LogP contribution in [0.2, 0.25) is 5.02 Å². The van der Waals surface area contributed by atoms with E-state index >= 15 is 0 Å². The molecular formula is C22H21ClN2O2S. The molecule has 0 bridgehead atoms. The second-order valence-corrected chi connectivity index (χ2v) is 8.24. The normalized spacial score (nSPS) is 14.6. The summed E-state index contributed by atoms with van der Waals surface area (Å²) < 4.78 is 6.05. The van der Waals surface area contributed by atoms with Gasteiger partial charge >= 0.3 is 0 Å². The van der Waals surface area contributed by atoms with E-state index in [0.717, 1.165) is 47.8 Å². The summed E-state index contributed by atoms with van der Waals surface area (Å²) in [5.74, 6) is 0.775. The Balaban J connectivity index is 1.40. The van der Waals surface area contributed by atoms with Crippen LogP contribution in [0.15, 0.2) is 60.7 Å². The van der Waals surface area contributed by atoms with Crippen molar-refractivity contribution in [2.24, 2.45) is 0 Å². The fourth-order valence-electron chi connectivity index (χ4n) is 3.14. The van der Waals surface area contributed by atoms with E-state index in [1.807, 2.05) is 36.4 Å². The zero-order valence-corrected chi connectivity index (χ0v) is 16.9. The highest BCUT2D eigenvalue weighted by atomic mass is 35.5. The van der Waals surface area contributed by atoms with Crippen molar-refractivity contribution < 1.29 is 9.53 Å². The fourth-order valence-corrected chi connectivity index (χ4v) is 4.18. The number of hydrogen-bond donors (Lipinski definition) is 2. The Labute approximate surface area is 173 Å². The zero-order chi connectivity index (χ0) is 19.3. The summed E-state index contributed by atoms with van der Waals surface area (Å²) >= 11 is 7.35. The van der Waals surface area contributed by atoms with Gasteiger partial charge in [-0.25, -0.2) is 0 Å². The molecule has 1 aliphatic rings. The Morgan fingerprint density at radius 2 is 1.71 bits per heavy atom. The predicted octanol–water partition coefficient (Wildman–Crippen LogP) is 5.45. The van der Waals surface area contributed by atoms with Gasteiger partial charge in [0.05, 0.1) is 4.88 Å². The van der Waals surface area contributed by atoms with Gasteiger partial charge in [0.25, 0.3) is 5.91 Å². The molecule has 1 aromatic heterocycles. The molecule has 1 aliphatic heterocycles. The van der Waals surface area contributed by atoms with E-state index in [1.54, 1.807) is 24.3 Å². The van der Waals surface area contributed by atoms with E-state index in [-0.39, 0.29) is 12.0 Å². The summed E-state index contributed by atoms with van der Waals surface area (Å²) in [6.07, 6.45) is 2.37. The van der Waals surface area contributed by atoms with Gasteiger partial charge in [0, 0.05) is 15.6 Å². The predicted molar refractivity (Wildman–Crippen MR) is 116 cm³/mol. The van der Waals surface area contributed by atoms with Crippen molar-refractivity contribution in [2.75, 3.05) is 18.4 Å². The van der Waals surface area contributed by atoms with Gasteiger partial charge in [0.15, 0.2) is 0 Å². The van der Waals surface area contributed by atoms with Crippen molar-refractivity contribution in [1.82, 2.24) is 5.32 Å². The number of ether oxygens (including phenoxy) is 1. The monoisotopic (exact) mass is 412 g/mol. The van der Waals surface area contributed by atoms with Crippen molar-refractivity contribution in [3.05, 3.63) is 70.6 Å². The maximum Gasteiger partial charge on any atom is 0.265 e. The first kappa shape index (κ1) is 19.0. The first-order valence-corrected chi connectivity index (χ1v) is 10.5. The summed E-state index contributed by atoms with van der Waals surface area (Å²) in [6, 6.07) is 19.0. The van der Waals surface area contributed by atoms with Crippen LogP contribution in [-0.4, -0.2) is 25.1 Å². The third kappa shape index (κ3) is 4.73. The summed E-state index contributed by atoms with van der Waals surface area (Å²) in [7, 11) is 0. The van der Waals surface area contributed by atoms with Gasteiger partial charge in [0.1, 0.15) is 11.9 Å². The van der Waals surface area contributed by atoms with Crippen LogP contribution in [0.1, 0.15) is 22.5 Å². The lowest BCUT2D eigenvalue weighted by Crippen LogP contribution is -2.34. The van der Waals surface area contributed by atoms with Crippen molar-refractivity contribution >= 4 is 34.5 Å². The van der Waals surface area contributed by atoms with E-state index in [4.69, 9.17) is 16.3 Å². The quantitative estimate of drug-likeness (QED) is 0.585. The van der Waals surface area contributed by atoms with Crippen LogP contribution in [0, 0.1) is 0 Å². The molecule has 0 atom stereocenters. The molecule has 3 aromatic rings. The molecule has 1 fully saturated rings. The van der Waals surface area contributed by atoms with Crippen molar-refractivity contribution in [1.29, 1.82) is 0 Å². The molecule has 4 rings (SSSR count). The number of amides is 1. The van der Waals surface area contributed by atoms with Gasteiger partial charge in [0.2, 0.25) is 0 Å². The summed E-state index contributed by atoms with van der Waals surface area (Å²) in [5.41, 5.74) is 1.80. The molecule has 1 saturated heterocycles. The number of anilines is 1. The Kier molecular flexibility index (Phi) is 5.95. The molecular weight excluding hydrogens is 392 g/mol. The van der Waals surface area contributed by atoms with Gasteiger partial charge in [-0.15, -0.1) is 11.3 Å². The van der Waals surface area contributed by atoms with Gasteiger partial charge < -0.3 is 15.4 Å². The molecule has 6 heteroatoms. The van der Waals surface area contributed by atoms with E-state index in [0.29, 0.717) is 9.90 Å². The van der Waals surface area contributed by atoms with Crippen molar-refractivity contribution in [2.45, 2.75) is 18.9 Å². The number of carbonyl (C=O) groups is 1. The third-order valence-corrected chi connectivity index (χ3v) is 6.04. The zero-order valence-electron chi connectivity index (χ0n) is 15.3. The number of nitrogens with one attached hydrogen (secondary N) is 2. The van der Waals surface area contributed by atoms with Gasteiger partial charge in [-0.1, -0.05) is 11.6 Å². The number of hydrogen-bond acceptors (Lipinski definition) is 4. The summed E-state index contributed by atoms with van der Waals surface area (Å²) in [4.78, 5) is 14.2. The Bertz CT molecular complexity index is 932. The lowest BCUT2D eigenvalue weighted by molar-refractivity contribution is 0.103. The van der Waals surface area contributed by atoms with Gasteiger partial charge in [-0.3, -0.25) is 4.79 Å². The number of thiophene rings is 1. The molecule has 2 aromatic carbocycles. The molecule has 1 amide bonds. The third-order valence-electron chi connectivity index (χ3n) is 4.66. The van der Waals surface area contributed by atoms with Crippen LogP contribution in [0.3, 0.4) is 0 Å². The molecule has 0 saturated carbocycles. The van der Waals surface area contributed by atoms with E-state index < -0.39 is 0 Å². The maximum absolute atomic E-state index is 12.5. The topological polar surface area (TPSA) is 50.4 Å². The van der Waals surface area contributed by atoms with E-state index in [9.17, 15) is 4.79 Å². The number of rotatable bonds is 5. The molecule has 4 nitrogen and oxygen atoms in total. The standard InChI is InChI=1S/C22H21ClN2O2S/c23-16-3-5-17(6-4-16)25-22(26)21-10-9-20(28-21)15-1-7-18(8-2-15)27-19-11-13-24-14-12-19/h1-10,19,24H,11-14H2,(H,25,26). The van der Waals surface area contributed by atoms with Crippen LogP contribution >= 0.6 is 22.9 Å². The molecule has 2 heterocycles. The first-order valence-electron chi connectivity index (χ1n) is 9.32. The number of piperidine rings is 1. The highest BCUT2D eigenvalue weighted by molar-refractivity contribution is 7.17. The summed E-state index contributed by atoms with van der Waals surface area (Å²) in [5, 5.41) is 6.88. The van der Waals surface area contributed by atoms with Crippen LogP contribution in [0.25, 0.3) is 10.4 Å². The van der Waals surface area contributed by atoms with Crippen molar-refractivity contribution in [3.8, 4) is 16.2 Å². The smallest absolute Gasteiger partial charge is 0.265 e. The molecule has 0 radical (unpaired) electrons. The lowest BCUT2D eigenvalue weighted by atomic mass is 10.1. The average Bonchev–Trinajstić information content (AvgIpc) is 3.22. The van der Waals surface area contributed by atoms with Crippen molar-refractivity contribution in [3.63, 3.8) is 0 Å². The molecule has 0 aliphatic carbocycles. The lowest BCUT2D eigenvalue weighted by Gasteiger charge is -2.23. The number of carbonyl (C=O) groups excluding carboxylic acids is 1. The van der Waals surface area contributed by atoms with Crippen LogP contribution < -0.4 is 15.4 Å². The van der Waals surface area contributed by atoms with Gasteiger partial charge in [-0.05, 0) is 92.2 Å². The molecule has 144 valence electrons. The largest absolute Gasteiger partial charge is 0.490 e. The minimum Gasteiger partial charge on any atom is -0.490 e. The first-order chi connectivity index (χ1) is 13.7. The Morgan fingerprint density at radius 1 is 1.00 bits per heavy atom. The molecule has 0 unspecified atom stereocenters. The van der Waals surface area contributed by atoms with Crippen LogP contribution in [0.5, 0.6) is 5.75 Å². The number of benzene rings is 2. The highest BCUT2D eigenvalue weighted by Crippen LogP contribution is 2.30. The Morgan fingerprint density at radius 3 is 2.43 bits per heavy atom. The summed E-state index contributed by atoms with van der Waals surface area (Å²) in [6.45, 7) is 2.03. The van der Waals surface area contributed by atoms with Gasteiger partial charge in [-0.2, -0.15) is 0 Å². The minimum absolute atomic E-state index is 0.121. The minimum atomic E-state index is -0.121. The van der Waals surface area contributed by atoms with E-state index in [1.165, 1.54) is 11.3 Å². The van der Waals surface area contributed by atoms with Crippen LogP contribution in [-0.2, 0) is 0 Å². The number of halogens is 1. The maximum atomic E-state index is 12.5. The molecule has 28 heavy (non-hydrogen) atoms. The Hall–Kier alpha value is -2.34. The highest BCUT2D eigenvalue weighted by Gasteiger charge is 2.15. The SMILES string of the molecule is O=C(Nc1ccc(Cl)cc1)c1ccc(-c2ccc(OC3CCNCC3)cc2)s1. The molecule has 0 spiro atoms. The fraction of sp³-hybridized carbons (Fsp3) is 0.227. The van der Waals surface area contributed by atoms with Crippen LogP contribution in [0.4, 0.5) is 5.69 Å². The average molecular weight is 413 g/mol. The molecule has 2 N–H and O–H groups in total. The van der Waals surface area contributed by atoms with E-state index in [2.05, 4.69) is 10.6 Å².